The molecule has 5 heteroatoms. The van der Waals surface area contributed by atoms with Crippen molar-refractivity contribution in [1.82, 2.24) is 5.32 Å². The lowest BCUT2D eigenvalue weighted by Gasteiger charge is -2.20. The molecule has 1 unspecified atom stereocenters. The lowest BCUT2D eigenvalue weighted by atomic mass is 9.89. The van der Waals surface area contributed by atoms with E-state index in [-0.39, 0.29) is 17.4 Å². The Labute approximate surface area is 165 Å². The van der Waals surface area contributed by atoms with Crippen LogP contribution in [0, 0.1) is 11.3 Å². The van der Waals surface area contributed by atoms with Gasteiger partial charge in [-0.05, 0) is 73.6 Å². The van der Waals surface area contributed by atoms with Gasteiger partial charge in [-0.3, -0.25) is 4.79 Å². The zero-order valence-electron chi connectivity index (χ0n) is 16.3. The Bertz CT molecular complexity index is 926. The number of hydrogen-bond acceptors (Lipinski definition) is 4. The molecule has 0 heterocycles. The number of amides is 1. The van der Waals surface area contributed by atoms with Crippen LogP contribution in [0.25, 0.3) is 0 Å². The predicted molar refractivity (Wildman–Crippen MR) is 110 cm³/mol. The van der Waals surface area contributed by atoms with Crippen molar-refractivity contribution in [3.05, 3.63) is 70.9 Å². The highest BCUT2D eigenvalue weighted by atomic mass is 16.3. The molecule has 2 aromatic carbocycles. The first-order chi connectivity index (χ1) is 13.5. The van der Waals surface area contributed by atoms with Crippen LogP contribution >= 0.6 is 0 Å². The molecule has 0 saturated carbocycles. The van der Waals surface area contributed by atoms with Crippen LogP contribution in [0.5, 0.6) is 5.75 Å². The second-order valence-electron chi connectivity index (χ2n) is 7.21. The fourth-order valence-corrected chi connectivity index (χ4v) is 3.47. The van der Waals surface area contributed by atoms with Crippen molar-refractivity contribution >= 4 is 11.6 Å². The zero-order valence-corrected chi connectivity index (χ0v) is 16.3. The van der Waals surface area contributed by atoms with Crippen molar-refractivity contribution < 1.29 is 9.90 Å². The van der Waals surface area contributed by atoms with Gasteiger partial charge in [0.25, 0.3) is 5.91 Å². The molecule has 0 fully saturated rings. The Balaban J connectivity index is 1.71. The highest BCUT2D eigenvalue weighted by Crippen LogP contribution is 2.25. The van der Waals surface area contributed by atoms with Crippen LogP contribution in [0.15, 0.2) is 54.2 Å². The molecule has 0 aromatic heterocycles. The highest BCUT2D eigenvalue weighted by molar-refractivity contribution is 5.97. The maximum absolute atomic E-state index is 12.6. The van der Waals surface area contributed by atoms with E-state index in [0.717, 1.165) is 24.1 Å². The van der Waals surface area contributed by atoms with E-state index in [0.29, 0.717) is 0 Å². The van der Waals surface area contributed by atoms with Gasteiger partial charge in [0, 0.05) is 18.9 Å². The number of fused-ring (bicyclic) bond motifs is 1. The fourth-order valence-electron chi connectivity index (χ4n) is 3.47. The predicted octanol–water partition coefficient (Wildman–Crippen LogP) is 3.99. The SMILES string of the molecule is CC(NC(=O)/C(C#N)=C\N(C)c1ccc(O)cc1)c1ccc2c(c1)CCCC2. The molecule has 3 rings (SSSR count). The molecule has 0 spiro atoms. The highest BCUT2D eigenvalue weighted by Gasteiger charge is 2.17. The van der Waals surface area contributed by atoms with E-state index >= 15 is 0 Å². The van der Waals surface area contributed by atoms with Gasteiger partial charge in [-0.15, -0.1) is 0 Å². The van der Waals surface area contributed by atoms with Gasteiger partial charge >= 0.3 is 0 Å². The molecule has 5 nitrogen and oxygen atoms in total. The largest absolute Gasteiger partial charge is 0.508 e. The van der Waals surface area contributed by atoms with E-state index in [4.69, 9.17) is 0 Å². The molecule has 1 amide bonds. The molecule has 0 saturated heterocycles. The average molecular weight is 375 g/mol. The Morgan fingerprint density at radius 3 is 2.54 bits per heavy atom. The molecular weight excluding hydrogens is 350 g/mol. The number of carbonyl (C=O) groups excluding carboxylic acids is 1. The van der Waals surface area contributed by atoms with Crippen LogP contribution in [0.2, 0.25) is 0 Å². The monoisotopic (exact) mass is 375 g/mol. The summed E-state index contributed by atoms with van der Waals surface area (Å²) >= 11 is 0. The number of anilines is 1. The lowest BCUT2D eigenvalue weighted by molar-refractivity contribution is -0.117. The Hall–Kier alpha value is -3.26. The molecular formula is C23H25N3O2. The molecule has 1 aliphatic carbocycles. The molecule has 0 bridgehead atoms. The molecule has 28 heavy (non-hydrogen) atoms. The molecule has 1 aliphatic rings. The van der Waals surface area contributed by atoms with Gasteiger partial charge in [-0.2, -0.15) is 5.26 Å². The number of nitrogens with zero attached hydrogens (tertiary/aromatic N) is 2. The number of phenols is 1. The minimum atomic E-state index is -0.404. The van der Waals surface area contributed by atoms with Crippen LogP contribution in [0.4, 0.5) is 5.69 Å². The fraction of sp³-hybridized carbons (Fsp3) is 0.304. The summed E-state index contributed by atoms with van der Waals surface area (Å²) < 4.78 is 0. The number of nitriles is 1. The van der Waals surface area contributed by atoms with E-state index in [1.807, 2.05) is 13.0 Å². The molecule has 1 atom stereocenters. The number of aromatic hydroxyl groups is 1. The first-order valence-corrected chi connectivity index (χ1v) is 9.54. The number of aryl methyl sites for hydroxylation is 2. The standard InChI is InChI=1S/C23H25N3O2/c1-16(18-8-7-17-5-3-4-6-19(17)13-18)25-23(28)20(14-24)15-26(2)21-9-11-22(27)12-10-21/h7-13,15-16,27H,3-6H2,1-2H3,(H,25,28)/b20-15-. The summed E-state index contributed by atoms with van der Waals surface area (Å²) in [5.74, 6) is -0.239. The third-order valence-corrected chi connectivity index (χ3v) is 5.16. The van der Waals surface area contributed by atoms with Crippen molar-refractivity contribution in [2.45, 2.75) is 38.6 Å². The first kappa shape index (κ1) is 19.5. The minimum Gasteiger partial charge on any atom is -0.508 e. The van der Waals surface area contributed by atoms with Crippen LogP contribution < -0.4 is 10.2 Å². The third-order valence-electron chi connectivity index (χ3n) is 5.16. The molecule has 2 aromatic rings. The Kier molecular flexibility index (Phi) is 6.00. The molecule has 2 N–H and O–H groups in total. The summed E-state index contributed by atoms with van der Waals surface area (Å²) in [7, 11) is 1.75. The number of nitrogens with one attached hydrogen (secondary N) is 1. The number of benzene rings is 2. The minimum absolute atomic E-state index is 0.0281. The van der Waals surface area contributed by atoms with Gasteiger partial charge in [0.15, 0.2) is 0 Å². The topological polar surface area (TPSA) is 76.4 Å². The zero-order chi connectivity index (χ0) is 20.1. The van der Waals surface area contributed by atoms with Crippen molar-refractivity contribution in [2.75, 3.05) is 11.9 Å². The van der Waals surface area contributed by atoms with Crippen molar-refractivity contribution in [1.29, 1.82) is 5.26 Å². The smallest absolute Gasteiger partial charge is 0.263 e. The second kappa shape index (κ2) is 8.62. The van der Waals surface area contributed by atoms with Crippen LogP contribution in [0.3, 0.4) is 0 Å². The normalized spacial score (nSPS) is 14.5. The summed E-state index contributed by atoms with van der Waals surface area (Å²) in [4.78, 5) is 14.3. The molecule has 144 valence electrons. The van der Waals surface area contributed by atoms with Crippen LogP contribution in [-0.4, -0.2) is 18.1 Å². The van der Waals surface area contributed by atoms with Gasteiger partial charge < -0.3 is 15.3 Å². The quantitative estimate of drug-likeness (QED) is 0.612. The number of phenolic OH excluding ortho intramolecular Hbond substituents is 1. The first-order valence-electron chi connectivity index (χ1n) is 9.54. The summed E-state index contributed by atoms with van der Waals surface area (Å²) in [6.45, 7) is 1.93. The van der Waals surface area contributed by atoms with E-state index < -0.39 is 5.91 Å². The van der Waals surface area contributed by atoms with Crippen molar-refractivity contribution in [3.8, 4) is 11.8 Å². The van der Waals surface area contributed by atoms with Gasteiger partial charge in [-0.25, -0.2) is 0 Å². The molecule has 0 radical (unpaired) electrons. The Morgan fingerprint density at radius 2 is 1.86 bits per heavy atom. The van der Waals surface area contributed by atoms with E-state index in [2.05, 4.69) is 23.5 Å². The number of rotatable bonds is 5. The Morgan fingerprint density at radius 1 is 1.18 bits per heavy atom. The molecule has 0 aliphatic heterocycles. The van der Waals surface area contributed by atoms with Gasteiger partial charge in [0.2, 0.25) is 0 Å². The summed E-state index contributed by atoms with van der Waals surface area (Å²) in [6.07, 6.45) is 6.17. The lowest BCUT2D eigenvalue weighted by Crippen LogP contribution is -2.29. The van der Waals surface area contributed by atoms with Crippen LogP contribution in [0.1, 0.15) is 42.5 Å². The van der Waals surface area contributed by atoms with E-state index in [1.54, 1.807) is 36.2 Å². The average Bonchev–Trinajstić information content (AvgIpc) is 2.71. The van der Waals surface area contributed by atoms with Crippen molar-refractivity contribution in [3.63, 3.8) is 0 Å². The van der Waals surface area contributed by atoms with Crippen LogP contribution in [-0.2, 0) is 17.6 Å². The van der Waals surface area contributed by atoms with E-state index in [1.165, 1.54) is 30.2 Å². The summed E-state index contributed by atoms with van der Waals surface area (Å²) in [6, 6.07) is 14.7. The summed E-state index contributed by atoms with van der Waals surface area (Å²) in [5, 5.41) is 21.7. The number of hydrogen-bond donors (Lipinski definition) is 2. The maximum atomic E-state index is 12.6. The van der Waals surface area contributed by atoms with Gasteiger partial charge in [0.1, 0.15) is 17.4 Å². The maximum Gasteiger partial charge on any atom is 0.263 e. The van der Waals surface area contributed by atoms with E-state index in [9.17, 15) is 15.2 Å². The van der Waals surface area contributed by atoms with Crippen molar-refractivity contribution in [2.24, 2.45) is 0 Å². The van der Waals surface area contributed by atoms with Gasteiger partial charge in [0.05, 0.1) is 6.04 Å². The summed E-state index contributed by atoms with van der Waals surface area (Å²) in [5.41, 5.74) is 4.62. The third kappa shape index (κ3) is 4.52. The second-order valence-corrected chi connectivity index (χ2v) is 7.21. The van der Waals surface area contributed by atoms with Gasteiger partial charge in [-0.1, -0.05) is 18.2 Å². The number of carbonyl (C=O) groups is 1.